The van der Waals surface area contributed by atoms with Crippen LogP contribution in [0.2, 0.25) is 0 Å². The third-order valence-corrected chi connectivity index (χ3v) is 2.38. The SMILES string of the molecule is Cc1ccc(N(C)CCC#N)c(CO)c1. The summed E-state index contributed by atoms with van der Waals surface area (Å²) in [6.45, 7) is 2.72. The topological polar surface area (TPSA) is 47.3 Å². The van der Waals surface area contributed by atoms with Gasteiger partial charge in [0.15, 0.2) is 0 Å². The van der Waals surface area contributed by atoms with Gasteiger partial charge in [0.25, 0.3) is 0 Å². The molecule has 0 atom stereocenters. The van der Waals surface area contributed by atoms with Crippen molar-refractivity contribution in [2.45, 2.75) is 20.0 Å². The Morgan fingerprint density at radius 1 is 1.47 bits per heavy atom. The number of benzene rings is 1. The Morgan fingerprint density at radius 3 is 2.80 bits per heavy atom. The summed E-state index contributed by atoms with van der Waals surface area (Å²) in [5.41, 5.74) is 3.05. The average Bonchev–Trinajstić information content (AvgIpc) is 2.25. The summed E-state index contributed by atoms with van der Waals surface area (Å²) >= 11 is 0. The molecule has 1 N–H and O–H groups in total. The van der Waals surface area contributed by atoms with E-state index in [-0.39, 0.29) is 6.61 Å². The van der Waals surface area contributed by atoms with Crippen molar-refractivity contribution >= 4 is 5.69 Å². The smallest absolute Gasteiger partial charge is 0.0702 e. The van der Waals surface area contributed by atoms with Gasteiger partial charge in [-0.05, 0) is 13.0 Å². The second kappa shape index (κ2) is 5.38. The highest BCUT2D eigenvalue weighted by molar-refractivity contribution is 5.54. The minimum Gasteiger partial charge on any atom is -0.392 e. The highest BCUT2D eigenvalue weighted by atomic mass is 16.3. The molecule has 0 saturated heterocycles. The monoisotopic (exact) mass is 204 g/mol. The van der Waals surface area contributed by atoms with Crippen LogP contribution in [0, 0.1) is 18.3 Å². The Bertz CT molecular complexity index is 368. The predicted octanol–water partition coefficient (Wildman–Crippen LogP) is 1.84. The molecule has 0 bridgehead atoms. The van der Waals surface area contributed by atoms with Crippen molar-refractivity contribution in [3.05, 3.63) is 29.3 Å². The quantitative estimate of drug-likeness (QED) is 0.814. The number of hydrogen-bond donors (Lipinski definition) is 1. The average molecular weight is 204 g/mol. The van der Waals surface area contributed by atoms with E-state index in [1.165, 1.54) is 0 Å². The molecule has 0 fully saturated rings. The maximum atomic E-state index is 9.23. The van der Waals surface area contributed by atoms with Gasteiger partial charge in [-0.15, -0.1) is 0 Å². The van der Waals surface area contributed by atoms with Gasteiger partial charge in [-0.25, -0.2) is 0 Å². The highest BCUT2D eigenvalue weighted by Crippen LogP contribution is 2.20. The Balaban J connectivity index is 2.88. The van der Waals surface area contributed by atoms with E-state index in [0.29, 0.717) is 13.0 Å². The Kier molecular flexibility index (Phi) is 4.14. The van der Waals surface area contributed by atoms with Crippen molar-refractivity contribution in [2.75, 3.05) is 18.5 Å². The minimum absolute atomic E-state index is 0.0356. The molecule has 1 rings (SSSR count). The lowest BCUT2D eigenvalue weighted by molar-refractivity contribution is 0.282. The fourth-order valence-corrected chi connectivity index (χ4v) is 1.55. The molecule has 0 spiro atoms. The fourth-order valence-electron chi connectivity index (χ4n) is 1.55. The van der Waals surface area contributed by atoms with Crippen LogP contribution in [0.4, 0.5) is 5.69 Å². The van der Waals surface area contributed by atoms with Crippen molar-refractivity contribution in [1.82, 2.24) is 0 Å². The Hall–Kier alpha value is -1.53. The van der Waals surface area contributed by atoms with Gasteiger partial charge >= 0.3 is 0 Å². The molecule has 0 amide bonds. The van der Waals surface area contributed by atoms with E-state index < -0.39 is 0 Å². The van der Waals surface area contributed by atoms with Crippen LogP contribution in [0.1, 0.15) is 17.5 Å². The van der Waals surface area contributed by atoms with Gasteiger partial charge in [-0.1, -0.05) is 17.7 Å². The van der Waals surface area contributed by atoms with Gasteiger partial charge in [0.2, 0.25) is 0 Å². The summed E-state index contributed by atoms with van der Waals surface area (Å²) < 4.78 is 0. The molecule has 0 aromatic heterocycles. The van der Waals surface area contributed by atoms with Crippen LogP contribution < -0.4 is 4.90 Å². The van der Waals surface area contributed by atoms with E-state index >= 15 is 0 Å². The number of nitriles is 1. The van der Waals surface area contributed by atoms with Gasteiger partial charge in [-0.3, -0.25) is 0 Å². The van der Waals surface area contributed by atoms with Gasteiger partial charge < -0.3 is 10.0 Å². The van der Waals surface area contributed by atoms with E-state index in [4.69, 9.17) is 5.26 Å². The van der Waals surface area contributed by atoms with Crippen molar-refractivity contribution in [3.8, 4) is 6.07 Å². The van der Waals surface area contributed by atoms with E-state index in [0.717, 1.165) is 16.8 Å². The summed E-state index contributed by atoms with van der Waals surface area (Å²) in [6, 6.07) is 8.08. The first-order valence-corrected chi connectivity index (χ1v) is 4.97. The number of aryl methyl sites for hydroxylation is 1. The molecule has 1 aromatic rings. The van der Waals surface area contributed by atoms with Gasteiger partial charge in [0, 0.05) is 24.8 Å². The standard InChI is InChI=1S/C12H16N2O/c1-10-4-5-12(11(8-10)9-15)14(2)7-3-6-13/h4-5,8,15H,3,7,9H2,1-2H3. The highest BCUT2D eigenvalue weighted by Gasteiger charge is 2.06. The van der Waals surface area contributed by atoms with Crippen molar-refractivity contribution < 1.29 is 5.11 Å². The molecule has 0 unspecified atom stereocenters. The maximum Gasteiger partial charge on any atom is 0.0702 e. The van der Waals surface area contributed by atoms with E-state index in [1.54, 1.807) is 0 Å². The lowest BCUT2D eigenvalue weighted by Gasteiger charge is -2.21. The van der Waals surface area contributed by atoms with Crippen molar-refractivity contribution in [1.29, 1.82) is 5.26 Å². The van der Waals surface area contributed by atoms with Gasteiger partial charge in [0.05, 0.1) is 19.1 Å². The molecule has 15 heavy (non-hydrogen) atoms. The third kappa shape index (κ3) is 2.97. The molecule has 80 valence electrons. The summed E-state index contributed by atoms with van der Waals surface area (Å²) in [5, 5.41) is 17.7. The van der Waals surface area contributed by atoms with E-state index in [2.05, 4.69) is 6.07 Å². The first-order valence-electron chi connectivity index (χ1n) is 4.97. The van der Waals surface area contributed by atoms with Crippen LogP contribution in [0.3, 0.4) is 0 Å². The summed E-state index contributed by atoms with van der Waals surface area (Å²) in [5.74, 6) is 0. The second-order valence-corrected chi connectivity index (χ2v) is 3.62. The normalized spacial score (nSPS) is 9.73. The number of rotatable bonds is 4. The summed E-state index contributed by atoms with van der Waals surface area (Å²) in [7, 11) is 1.93. The number of hydrogen-bond acceptors (Lipinski definition) is 3. The molecule has 1 aromatic carbocycles. The van der Waals surface area contributed by atoms with Crippen molar-refractivity contribution in [3.63, 3.8) is 0 Å². The molecule has 0 heterocycles. The Morgan fingerprint density at radius 2 is 2.20 bits per heavy atom. The lowest BCUT2D eigenvalue weighted by Crippen LogP contribution is -2.19. The predicted molar refractivity (Wildman–Crippen MR) is 60.6 cm³/mol. The van der Waals surface area contributed by atoms with Crippen LogP contribution in [0.25, 0.3) is 0 Å². The zero-order valence-corrected chi connectivity index (χ0v) is 9.20. The molecule has 0 aliphatic carbocycles. The Labute approximate surface area is 90.6 Å². The molecule has 0 aliphatic heterocycles. The van der Waals surface area contributed by atoms with E-state index in [1.807, 2.05) is 37.1 Å². The molecule has 0 radical (unpaired) electrons. The lowest BCUT2D eigenvalue weighted by atomic mass is 10.1. The number of anilines is 1. The molecule has 0 aliphatic rings. The van der Waals surface area contributed by atoms with Crippen molar-refractivity contribution in [2.24, 2.45) is 0 Å². The van der Waals surface area contributed by atoms with Crippen LogP contribution >= 0.6 is 0 Å². The van der Waals surface area contributed by atoms with Crippen LogP contribution in [0.5, 0.6) is 0 Å². The third-order valence-electron chi connectivity index (χ3n) is 2.38. The zero-order valence-electron chi connectivity index (χ0n) is 9.20. The molecule has 3 heteroatoms. The van der Waals surface area contributed by atoms with Crippen LogP contribution in [-0.4, -0.2) is 18.7 Å². The second-order valence-electron chi connectivity index (χ2n) is 3.62. The number of nitrogens with zero attached hydrogens (tertiary/aromatic N) is 2. The first-order chi connectivity index (χ1) is 7.19. The molecular formula is C12H16N2O. The molecule has 3 nitrogen and oxygen atoms in total. The van der Waals surface area contributed by atoms with Crippen LogP contribution in [0.15, 0.2) is 18.2 Å². The van der Waals surface area contributed by atoms with E-state index in [9.17, 15) is 5.11 Å². The minimum atomic E-state index is 0.0356. The van der Waals surface area contributed by atoms with Crippen LogP contribution in [-0.2, 0) is 6.61 Å². The maximum absolute atomic E-state index is 9.23. The van der Waals surface area contributed by atoms with Gasteiger partial charge in [0.1, 0.15) is 0 Å². The largest absolute Gasteiger partial charge is 0.392 e. The zero-order chi connectivity index (χ0) is 11.3. The first kappa shape index (κ1) is 11.5. The molecule has 0 saturated carbocycles. The number of aliphatic hydroxyl groups excluding tert-OH is 1. The summed E-state index contributed by atoms with van der Waals surface area (Å²) in [6.07, 6.45) is 0.495. The fraction of sp³-hybridized carbons (Fsp3) is 0.417. The number of aliphatic hydroxyl groups is 1. The summed E-state index contributed by atoms with van der Waals surface area (Å²) in [4.78, 5) is 1.99. The van der Waals surface area contributed by atoms with Gasteiger partial charge in [-0.2, -0.15) is 5.26 Å². The molecular weight excluding hydrogens is 188 g/mol.